The van der Waals surface area contributed by atoms with Crippen LogP contribution in [0.4, 0.5) is 0 Å². The van der Waals surface area contributed by atoms with E-state index < -0.39 is 5.60 Å². The Hall–Kier alpha value is -0.300. The van der Waals surface area contributed by atoms with E-state index in [4.69, 9.17) is 0 Å². The molecule has 1 unspecified atom stereocenters. The molecule has 1 heteroatoms. The number of hydrogen-bond acceptors (Lipinski definition) is 1. The molecule has 1 aliphatic rings. The lowest BCUT2D eigenvalue weighted by molar-refractivity contribution is -0.0571. The third kappa shape index (κ3) is 2.91. The van der Waals surface area contributed by atoms with E-state index in [-0.39, 0.29) is 16.2 Å². The van der Waals surface area contributed by atoms with E-state index in [1.165, 1.54) is 12.0 Å². The van der Waals surface area contributed by atoms with E-state index in [9.17, 15) is 5.11 Å². The maximum Gasteiger partial charge on any atom is 0.0648 e. The van der Waals surface area contributed by atoms with E-state index in [0.717, 1.165) is 19.3 Å². The smallest absolute Gasteiger partial charge is 0.0648 e. The zero-order chi connectivity index (χ0) is 15.1. The maximum absolute atomic E-state index is 10.5. The molecule has 112 valence electrons. The summed E-state index contributed by atoms with van der Waals surface area (Å²) in [4.78, 5) is 0. The van der Waals surface area contributed by atoms with Crippen LogP contribution in [-0.2, 0) is 0 Å². The van der Waals surface area contributed by atoms with Gasteiger partial charge in [-0.1, -0.05) is 59.6 Å². The van der Waals surface area contributed by atoms with Gasteiger partial charge in [-0.3, -0.25) is 0 Å². The SMILES string of the molecule is CCC(C)(C)C(C)(C)C1=CCCC(C)(C(C)(C)O)C1. The highest BCUT2D eigenvalue weighted by molar-refractivity contribution is 5.22. The van der Waals surface area contributed by atoms with Crippen molar-refractivity contribution >= 4 is 0 Å². The number of aliphatic hydroxyl groups is 1. The molecule has 1 nitrogen and oxygen atoms in total. The maximum atomic E-state index is 10.5. The second-order valence-corrected chi connectivity index (χ2v) is 8.43. The van der Waals surface area contributed by atoms with E-state index in [1.807, 2.05) is 13.8 Å². The largest absolute Gasteiger partial charge is 0.390 e. The second kappa shape index (κ2) is 4.91. The van der Waals surface area contributed by atoms with Gasteiger partial charge in [0, 0.05) is 0 Å². The van der Waals surface area contributed by atoms with Crippen LogP contribution in [0.25, 0.3) is 0 Å². The predicted octanol–water partition coefficient (Wildman–Crippen LogP) is 5.34. The molecular formula is C18H34O. The first-order valence-corrected chi connectivity index (χ1v) is 7.79. The molecule has 1 rings (SSSR count). The molecule has 0 spiro atoms. The van der Waals surface area contributed by atoms with Gasteiger partial charge in [0.1, 0.15) is 0 Å². The molecule has 0 aromatic rings. The highest BCUT2D eigenvalue weighted by Crippen LogP contribution is 2.54. The van der Waals surface area contributed by atoms with Crippen LogP contribution in [0.2, 0.25) is 0 Å². The predicted molar refractivity (Wildman–Crippen MR) is 84.2 cm³/mol. The number of hydrogen-bond donors (Lipinski definition) is 1. The quantitative estimate of drug-likeness (QED) is 0.681. The van der Waals surface area contributed by atoms with Crippen molar-refractivity contribution in [3.05, 3.63) is 11.6 Å². The lowest BCUT2D eigenvalue weighted by atomic mass is 9.56. The average molecular weight is 266 g/mol. The van der Waals surface area contributed by atoms with Crippen molar-refractivity contribution in [3.63, 3.8) is 0 Å². The standard InChI is InChI=1S/C18H34O/c1-9-15(2,3)16(4,5)14-11-10-12-18(8,13-14)17(6,7)19/h11,19H,9-10,12-13H2,1-8H3. The van der Waals surface area contributed by atoms with Crippen LogP contribution in [0.1, 0.15) is 81.1 Å². The minimum Gasteiger partial charge on any atom is -0.390 e. The van der Waals surface area contributed by atoms with Gasteiger partial charge in [-0.05, 0) is 49.4 Å². The van der Waals surface area contributed by atoms with Gasteiger partial charge in [0.2, 0.25) is 0 Å². The zero-order valence-electron chi connectivity index (χ0n) is 14.4. The second-order valence-electron chi connectivity index (χ2n) is 8.43. The third-order valence-corrected chi connectivity index (χ3v) is 6.52. The molecule has 0 aromatic carbocycles. The summed E-state index contributed by atoms with van der Waals surface area (Å²) in [5.74, 6) is 0. The highest BCUT2D eigenvalue weighted by Gasteiger charge is 2.46. The first-order chi connectivity index (χ1) is 8.37. The average Bonchev–Trinajstić information content (AvgIpc) is 2.27. The fourth-order valence-corrected chi connectivity index (χ4v) is 3.02. The molecule has 0 radical (unpaired) electrons. The van der Waals surface area contributed by atoms with Gasteiger partial charge >= 0.3 is 0 Å². The van der Waals surface area contributed by atoms with Crippen LogP contribution >= 0.6 is 0 Å². The van der Waals surface area contributed by atoms with Crippen LogP contribution in [0, 0.1) is 16.2 Å². The molecule has 0 bridgehead atoms. The van der Waals surface area contributed by atoms with Crippen molar-refractivity contribution in [2.75, 3.05) is 0 Å². The minimum atomic E-state index is -0.612. The van der Waals surface area contributed by atoms with Crippen molar-refractivity contribution in [3.8, 4) is 0 Å². The third-order valence-electron chi connectivity index (χ3n) is 6.52. The Bertz CT molecular complexity index is 354. The molecule has 1 aliphatic carbocycles. The Morgan fingerprint density at radius 2 is 1.68 bits per heavy atom. The lowest BCUT2D eigenvalue weighted by Crippen LogP contribution is -2.45. The fourth-order valence-electron chi connectivity index (χ4n) is 3.02. The van der Waals surface area contributed by atoms with Crippen molar-refractivity contribution in [2.24, 2.45) is 16.2 Å². The van der Waals surface area contributed by atoms with Gasteiger partial charge in [0.25, 0.3) is 0 Å². The molecule has 19 heavy (non-hydrogen) atoms. The van der Waals surface area contributed by atoms with Gasteiger partial charge in [0.05, 0.1) is 5.60 Å². The summed E-state index contributed by atoms with van der Waals surface area (Å²) < 4.78 is 0. The first kappa shape index (κ1) is 16.8. The molecule has 1 N–H and O–H groups in total. The van der Waals surface area contributed by atoms with E-state index in [2.05, 4.69) is 47.6 Å². The molecule has 1 atom stereocenters. The van der Waals surface area contributed by atoms with Gasteiger partial charge in [-0.15, -0.1) is 0 Å². The van der Waals surface area contributed by atoms with E-state index in [1.54, 1.807) is 0 Å². The zero-order valence-corrected chi connectivity index (χ0v) is 14.4. The van der Waals surface area contributed by atoms with Gasteiger partial charge in [-0.2, -0.15) is 0 Å². The Morgan fingerprint density at radius 3 is 2.11 bits per heavy atom. The number of allylic oxidation sites excluding steroid dienone is 2. The van der Waals surface area contributed by atoms with Gasteiger partial charge in [-0.25, -0.2) is 0 Å². The van der Waals surface area contributed by atoms with Crippen LogP contribution in [-0.4, -0.2) is 10.7 Å². The fraction of sp³-hybridized carbons (Fsp3) is 0.889. The van der Waals surface area contributed by atoms with Crippen LogP contribution in [0.3, 0.4) is 0 Å². The summed E-state index contributed by atoms with van der Waals surface area (Å²) in [7, 11) is 0. The monoisotopic (exact) mass is 266 g/mol. The molecule has 0 saturated carbocycles. The van der Waals surface area contributed by atoms with Gasteiger partial charge in [0.15, 0.2) is 0 Å². The normalized spacial score (nSPS) is 26.3. The summed E-state index contributed by atoms with van der Waals surface area (Å²) in [5.41, 5.74) is 1.40. The summed E-state index contributed by atoms with van der Waals surface area (Å²) in [6, 6.07) is 0. The summed E-state index contributed by atoms with van der Waals surface area (Å²) in [6.45, 7) is 17.9. The van der Waals surface area contributed by atoms with Crippen LogP contribution in [0.5, 0.6) is 0 Å². The Balaban J connectivity index is 3.08. The topological polar surface area (TPSA) is 20.2 Å². The number of rotatable bonds is 4. The highest BCUT2D eigenvalue weighted by atomic mass is 16.3. The molecular weight excluding hydrogens is 232 g/mol. The Labute approximate surface area is 120 Å². The summed E-state index contributed by atoms with van der Waals surface area (Å²) >= 11 is 0. The first-order valence-electron chi connectivity index (χ1n) is 7.79. The Morgan fingerprint density at radius 1 is 1.16 bits per heavy atom. The molecule has 0 aromatic heterocycles. The van der Waals surface area contributed by atoms with E-state index in [0.29, 0.717) is 0 Å². The molecule has 0 amide bonds. The summed E-state index contributed by atoms with van der Waals surface area (Å²) in [6.07, 6.45) is 6.82. The van der Waals surface area contributed by atoms with Crippen LogP contribution in [0.15, 0.2) is 11.6 Å². The van der Waals surface area contributed by atoms with E-state index >= 15 is 0 Å². The molecule has 0 aliphatic heterocycles. The lowest BCUT2D eigenvalue weighted by Gasteiger charge is -2.50. The molecule has 0 fully saturated rings. The molecule has 0 saturated heterocycles. The van der Waals surface area contributed by atoms with Crippen LogP contribution < -0.4 is 0 Å². The Kier molecular flexibility index (Phi) is 4.33. The van der Waals surface area contributed by atoms with Crippen molar-refractivity contribution in [2.45, 2.75) is 86.7 Å². The minimum absolute atomic E-state index is 0.00181. The van der Waals surface area contributed by atoms with Crippen molar-refractivity contribution in [1.29, 1.82) is 0 Å². The molecule has 0 heterocycles. The van der Waals surface area contributed by atoms with Crippen molar-refractivity contribution in [1.82, 2.24) is 0 Å². The van der Waals surface area contributed by atoms with Gasteiger partial charge < -0.3 is 5.11 Å². The summed E-state index contributed by atoms with van der Waals surface area (Å²) in [5, 5.41) is 10.5. The van der Waals surface area contributed by atoms with Crippen molar-refractivity contribution < 1.29 is 5.11 Å².